The summed E-state index contributed by atoms with van der Waals surface area (Å²) in [6.07, 6.45) is -13.5. The van der Waals surface area contributed by atoms with Crippen LogP contribution in [-0.4, -0.2) is 64.2 Å². The molecule has 0 spiro atoms. The molecule has 164 valence electrons. The van der Waals surface area contributed by atoms with Crippen molar-refractivity contribution in [2.45, 2.75) is 89.6 Å². The van der Waals surface area contributed by atoms with Gasteiger partial charge >= 0.3 is 18.1 Å². The van der Waals surface area contributed by atoms with E-state index in [0.29, 0.717) is 0 Å². The first-order chi connectivity index (χ1) is 12.5. The largest absolute Gasteiger partial charge is 0.456 e. The third-order valence-electron chi connectivity index (χ3n) is 4.89. The first kappa shape index (κ1) is 24.9. The summed E-state index contributed by atoms with van der Waals surface area (Å²) in [6.45, 7) is 11.2. The topological polar surface area (TPSA) is 80.3 Å². The predicted octanol–water partition coefficient (Wildman–Crippen LogP) is 3.17. The van der Waals surface area contributed by atoms with Gasteiger partial charge in [-0.05, 0) is 18.1 Å². The molecule has 1 fully saturated rings. The van der Waals surface area contributed by atoms with Gasteiger partial charge in [-0.3, -0.25) is 9.59 Å². The molecule has 0 amide bonds. The molecule has 1 heterocycles. The molecule has 0 N–H and O–H groups in total. The average molecular weight is 430 g/mol. The van der Waals surface area contributed by atoms with Gasteiger partial charge < -0.3 is 23.4 Å². The van der Waals surface area contributed by atoms with Crippen LogP contribution in [-0.2, 0) is 33.0 Å². The number of halogens is 3. The van der Waals surface area contributed by atoms with Crippen molar-refractivity contribution < 1.29 is 46.1 Å². The first-order valence-corrected chi connectivity index (χ1v) is 11.7. The van der Waals surface area contributed by atoms with Crippen LogP contribution in [0.25, 0.3) is 0 Å². The van der Waals surface area contributed by atoms with E-state index in [9.17, 15) is 22.8 Å². The standard InChI is InChI=1S/C17H29F3O7Si/c1-9(21)24-11-12(27-28(7,8)16(3,4)5)14(17(18,19)20)26-15(23-6)13(11)25-10(2)22/h11-15H,1-8H3/t11-,12-,13-,14-,15?/m0/s1. The van der Waals surface area contributed by atoms with Crippen LogP contribution in [0.4, 0.5) is 13.2 Å². The van der Waals surface area contributed by atoms with Gasteiger partial charge in [-0.2, -0.15) is 13.2 Å². The lowest BCUT2D eigenvalue weighted by Gasteiger charge is -2.49. The lowest BCUT2D eigenvalue weighted by atomic mass is 9.98. The summed E-state index contributed by atoms with van der Waals surface area (Å²) in [6, 6.07) is 0. The normalized spacial score (nSPS) is 29.3. The maximum Gasteiger partial charge on any atom is 0.417 e. The van der Waals surface area contributed by atoms with Crippen LogP contribution in [0, 0.1) is 0 Å². The molecule has 0 aromatic rings. The molecule has 1 aliphatic rings. The molecule has 7 nitrogen and oxygen atoms in total. The fourth-order valence-corrected chi connectivity index (χ4v) is 3.84. The summed E-state index contributed by atoms with van der Waals surface area (Å²) >= 11 is 0. The smallest absolute Gasteiger partial charge is 0.417 e. The zero-order valence-corrected chi connectivity index (χ0v) is 18.4. The van der Waals surface area contributed by atoms with Gasteiger partial charge in [0.25, 0.3) is 0 Å². The summed E-state index contributed by atoms with van der Waals surface area (Å²) < 4.78 is 67.6. The van der Waals surface area contributed by atoms with Gasteiger partial charge in [0.2, 0.25) is 0 Å². The van der Waals surface area contributed by atoms with E-state index in [1.165, 1.54) is 0 Å². The minimum atomic E-state index is -4.83. The molecule has 0 aliphatic carbocycles. The zero-order chi connectivity index (χ0) is 22.1. The fraction of sp³-hybridized carbons (Fsp3) is 0.882. The zero-order valence-electron chi connectivity index (χ0n) is 17.4. The van der Waals surface area contributed by atoms with Gasteiger partial charge in [-0.15, -0.1) is 0 Å². The van der Waals surface area contributed by atoms with Crippen LogP contribution in [0.3, 0.4) is 0 Å². The van der Waals surface area contributed by atoms with Crippen molar-refractivity contribution in [3.63, 3.8) is 0 Å². The van der Waals surface area contributed by atoms with Crippen LogP contribution >= 0.6 is 0 Å². The molecular formula is C17H29F3O7Si. The van der Waals surface area contributed by atoms with Crippen molar-refractivity contribution in [1.82, 2.24) is 0 Å². The molecule has 5 atom stereocenters. The van der Waals surface area contributed by atoms with Crippen LogP contribution in [0.2, 0.25) is 18.1 Å². The molecular weight excluding hydrogens is 401 g/mol. The Morgan fingerprint density at radius 3 is 1.75 bits per heavy atom. The van der Waals surface area contributed by atoms with Crippen LogP contribution in [0.5, 0.6) is 0 Å². The number of ether oxygens (including phenoxy) is 4. The molecule has 0 saturated carbocycles. The summed E-state index contributed by atoms with van der Waals surface area (Å²) in [7, 11) is -1.65. The Bertz CT molecular complexity index is 574. The number of carbonyl (C=O) groups is 2. The van der Waals surface area contributed by atoms with Gasteiger partial charge in [0, 0.05) is 21.0 Å². The van der Waals surface area contributed by atoms with Crippen molar-refractivity contribution in [2.24, 2.45) is 0 Å². The van der Waals surface area contributed by atoms with E-state index in [-0.39, 0.29) is 0 Å². The van der Waals surface area contributed by atoms with Crippen molar-refractivity contribution in [3.8, 4) is 0 Å². The van der Waals surface area contributed by atoms with E-state index in [1.807, 2.05) is 20.8 Å². The number of esters is 2. The van der Waals surface area contributed by atoms with E-state index in [4.69, 9.17) is 23.4 Å². The highest BCUT2D eigenvalue weighted by Crippen LogP contribution is 2.43. The monoisotopic (exact) mass is 430 g/mol. The van der Waals surface area contributed by atoms with E-state index in [0.717, 1.165) is 21.0 Å². The maximum absolute atomic E-state index is 13.8. The van der Waals surface area contributed by atoms with Crippen molar-refractivity contribution in [1.29, 1.82) is 0 Å². The number of carbonyl (C=O) groups excluding carboxylic acids is 2. The van der Waals surface area contributed by atoms with Crippen LogP contribution in [0.1, 0.15) is 34.6 Å². The molecule has 0 bridgehead atoms. The molecule has 0 aromatic heterocycles. The van der Waals surface area contributed by atoms with Crippen molar-refractivity contribution in [2.75, 3.05) is 7.11 Å². The molecule has 0 aromatic carbocycles. The number of hydrogen-bond donors (Lipinski definition) is 0. The average Bonchev–Trinajstić information content (AvgIpc) is 2.47. The molecule has 11 heteroatoms. The predicted molar refractivity (Wildman–Crippen MR) is 94.9 cm³/mol. The second kappa shape index (κ2) is 8.68. The Labute approximate surface area is 163 Å². The quantitative estimate of drug-likeness (QED) is 0.490. The van der Waals surface area contributed by atoms with Gasteiger partial charge in [-0.1, -0.05) is 20.8 Å². The second-order valence-electron chi connectivity index (χ2n) is 8.19. The Morgan fingerprint density at radius 2 is 1.39 bits per heavy atom. The lowest BCUT2D eigenvalue weighted by Crippen LogP contribution is -2.67. The minimum absolute atomic E-state index is 0.432. The summed E-state index contributed by atoms with van der Waals surface area (Å²) in [5.74, 6) is -1.63. The third kappa shape index (κ3) is 5.91. The summed E-state index contributed by atoms with van der Waals surface area (Å²) in [4.78, 5) is 23.1. The minimum Gasteiger partial charge on any atom is -0.456 e. The molecule has 1 aliphatic heterocycles. The molecule has 0 radical (unpaired) electrons. The van der Waals surface area contributed by atoms with E-state index < -0.39 is 62.2 Å². The Balaban J connectivity index is 3.48. The third-order valence-corrected chi connectivity index (χ3v) is 9.36. The SMILES string of the molecule is COC1O[C@H](C(F)(F)F)[C@@H](O[Si](C)(C)C(C)(C)C)[C@H](OC(C)=O)[C@@H]1OC(C)=O. The van der Waals surface area contributed by atoms with Crippen LogP contribution in [0.15, 0.2) is 0 Å². The summed E-state index contributed by atoms with van der Waals surface area (Å²) in [5.41, 5.74) is 0. The van der Waals surface area contributed by atoms with Crippen LogP contribution < -0.4 is 0 Å². The van der Waals surface area contributed by atoms with Gasteiger partial charge in [0.1, 0.15) is 6.10 Å². The Hall–Kier alpha value is -1.17. The Kier molecular flexibility index (Phi) is 7.71. The van der Waals surface area contributed by atoms with Gasteiger partial charge in [0.05, 0.1) is 0 Å². The fourth-order valence-electron chi connectivity index (χ4n) is 2.55. The number of rotatable bonds is 5. The van der Waals surface area contributed by atoms with Crippen molar-refractivity contribution in [3.05, 3.63) is 0 Å². The molecule has 1 rings (SSSR count). The number of methoxy groups -OCH3 is 1. The lowest BCUT2D eigenvalue weighted by molar-refractivity contribution is -0.348. The van der Waals surface area contributed by atoms with Gasteiger partial charge in [-0.25, -0.2) is 0 Å². The van der Waals surface area contributed by atoms with Gasteiger partial charge in [0.15, 0.2) is 32.9 Å². The number of hydrogen-bond acceptors (Lipinski definition) is 7. The molecule has 1 unspecified atom stereocenters. The highest BCUT2D eigenvalue weighted by atomic mass is 28.4. The molecule has 28 heavy (non-hydrogen) atoms. The second-order valence-corrected chi connectivity index (χ2v) is 12.9. The Morgan fingerprint density at radius 1 is 0.929 bits per heavy atom. The highest BCUT2D eigenvalue weighted by Gasteiger charge is 2.61. The first-order valence-electron chi connectivity index (χ1n) is 8.78. The van der Waals surface area contributed by atoms with E-state index in [2.05, 4.69) is 0 Å². The molecule has 1 saturated heterocycles. The van der Waals surface area contributed by atoms with E-state index >= 15 is 0 Å². The maximum atomic E-state index is 13.8. The highest BCUT2D eigenvalue weighted by molar-refractivity contribution is 6.74. The summed E-state index contributed by atoms with van der Waals surface area (Å²) in [5, 5.41) is -0.432. The van der Waals surface area contributed by atoms with Crippen molar-refractivity contribution >= 4 is 20.3 Å². The van der Waals surface area contributed by atoms with E-state index in [1.54, 1.807) is 13.1 Å². The number of alkyl halides is 3.